The van der Waals surface area contributed by atoms with Crippen LogP contribution in [0.4, 0.5) is 0 Å². The molecular weight excluding hydrogens is 248 g/mol. The summed E-state index contributed by atoms with van der Waals surface area (Å²) in [5.74, 6) is 0.336. The zero-order valence-electron chi connectivity index (χ0n) is 12.6. The summed E-state index contributed by atoms with van der Waals surface area (Å²) in [6, 6.07) is 9.72. The van der Waals surface area contributed by atoms with E-state index in [-0.39, 0.29) is 6.04 Å². The average molecular weight is 270 g/mol. The lowest BCUT2D eigenvalue weighted by Gasteiger charge is -2.19. The molecule has 0 bridgehead atoms. The molecule has 20 heavy (non-hydrogen) atoms. The molecule has 0 aliphatic heterocycles. The summed E-state index contributed by atoms with van der Waals surface area (Å²) in [6.45, 7) is 8.96. The van der Waals surface area contributed by atoms with Gasteiger partial charge in [0.2, 0.25) is 0 Å². The van der Waals surface area contributed by atoms with Gasteiger partial charge in [0.25, 0.3) is 0 Å². The zero-order chi connectivity index (χ0) is 14.7. The molecule has 0 radical (unpaired) electrons. The summed E-state index contributed by atoms with van der Waals surface area (Å²) in [5.41, 5.74) is 5.53. The van der Waals surface area contributed by atoms with Crippen molar-refractivity contribution in [2.24, 2.45) is 0 Å². The Morgan fingerprint density at radius 1 is 1.20 bits per heavy atom. The number of aromatic hydroxyl groups is 1. The Hall–Kier alpha value is -1.87. The van der Waals surface area contributed by atoms with Gasteiger partial charge in [-0.05, 0) is 51.0 Å². The molecule has 1 aromatic carbocycles. The van der Waals surface area contributed by atoms with Gasteiger partial charge < -0.3 is 10.4 Å². The molecule has 0 saturated heterocycles. The van der Waals surface area contributed by atoms with Gasteiger partial charge in [-0.1, -0.05) is 18.2 Å². The van der Waals surface area contributed by atoms with Crippen LogP contribution in [-0.4, -0.2) is 10.1 Å². The summed E-state index contributed by atoms with van der Waals surface area (Å²) in [5, 5.41) is 13.2. The topological polar surface area (TPSA) is 45.1 Å². The Morgan fingerprint density at radius 2 is 1.90 bits per heavy atom. The summed E-state index contributed by atoms with van der Waals surface area (Å²) >= 11 is 0. The van der Waals surface area contributed by atoms with E-state index in [0.717, 1.165) is 17.0 Å². The molecule has 0 fully saturated rings. The number of hydrogen-bond donors (Lipinski definition) is 2. The molecule has 3 heteroatoms. The Morgan fingerprint density at radius 3 is 2.55 bits per heavy atom. The fourth-order valence-corrected chi connectivity index (χ4v) is 2.71. The number of aromatic nitrogens is 1. The molecule has 0 spiro atoms. The van der Waals surface area contributed by atoms with E-state index in [1.165, 1.54) is 11.1 Å². The molecule has 1 unspecified atom stereocenters. The number of phenolic OH excluding ortho intramolecular Hbond substituents is 1. The molecule has 1 heterocycles. The van der Waals surface area contributed by atoms with E-state index in [1.807, 2.05) is 32.0 Å². The van der Waals surface area contributed by atoms with Crippen molar-refractivity contribution in [3.8, 4) is 5.75 Å². The largest absolute Gasteiger partial charge is 0.508 e. The molecule has 0 amide bonds. The molecular formula is C17H22N2O. The maximum Gasteiger partial charge on any atom is 0.120 e. The standard InChI is InChI=1S/C17H22N2O/c1-11-9-12(2)19-14(4)17(11)13(3)18-10-15-7-5-6-8-16(15)20/h5-9,13,18,20H,10H2,1-4H3. The van der Waals surface area contributed by atoms with E-state index in [9.17, 15) is 5.11 Å². The molecule has 2 rings (SSSR count). The van der Waals surface area contributed by atoms with Gasteiger partial charge in [0, 0.05) is 29.5 Å². The number of rotatable bonds is 4. The van der Waals surface area contributed by atoms with Gasteiger partial charge in [0.05, 0.1) is 0 Å². The Balaban J connectivity index is 2.13. The third-order valence-electron chi connectivity index (χ3n) is 3.61. The van der Waals surface area contributed by atoms with Crippen LogP contribution in [0.2, 0.25) is 0 Å². The third kappa shape index (κ3) is 3.17. The Kier molecular flexibility index (Phi) is 4.40. The van der Waals surface area contributed by atoms with Crippen molar-refractivity contribution in [2.45, 2.75) is 40.3 Å². The van der Waals surface area contributed by atoms with Crippen molar-refractivity contribution in [3.05, 3.63) is 58.4 Å². The van der Waals surface area contributed by atoms with Crippen LogP contribution >= 0.6 is 0 Å². The number of nitrogens with one attached hydrogen (secondary N) is 1. The minimum absolute atomic E-state index is 0.197. The van der Waals surface area contributed by atoms with Crippen LogP contribution in [0.5, 0.6) is 5.75 Å². The predicted molar refractivity (Wildman–Crippen MR) is 81.8 cm³/mol. The number of phenols is 1. The Labute approximate surface area is 120 Å². The number of benzene rings is 1. The lowest BCUT2D eigenvalue weighted by molar-refractivity contribution is 0.460. The van der Waals surface area contributed by atoms with Crippen molar-refractivity contribution in [3.63, 3.8) is 0 Å². The molecule has 0 aliphatic rings. The highest BCUT2D eigenvalue weighted by Gasteiger charge is 2.13. The van der Waals surface area contributed by atoms with E-state index in [1.54, 1.807) is 6.07 Å². The van der Waals surface area contributed by atoms with Crippen molar-refractivity contribution in [1.29, 1.82) is 0 Å². The highest BCUT2D eigenvalue weighted by molar-refractivity contribution is 5.34. The summed E-state index contributed by atoms with van der Waals surface area (Å²) < 4.78 is 0. The van der Waals surface area contributed by atoms with Gasteiger partial charge >= 0.3 is 0 Å². The van der Waals surface area contributed by atoms with Crippen LogP contribution < -0.4 is 5.32 Å². The first kappa shape index (κ1) is 14.5. The van der Waals surface area contributed by atoms with Crippen LogP contribution in [0.25, 0.3) is 0 Å². The van der Waals surface area contributed by atoms with E-state index < -0.39 is 0 Å². The fraction of sp³-hybridized carbons (Fsp3) is 0.353. The monoisotopic (exact) mass is 270 g/mol. The van der Waals surface area contributed by atoms with Crippen molar-refractivity contribution < 1.29 is 5.11 Å². The zero-order valence-corrected chi connectivity index (χ0v) is 12.6. The van der Waals surface area contributed by atoms with Crippen LogP contribution in [0.1, 0.15) is 41.0 Å². The maximum atomic E-state index is 9.79. The predicted octanol–water partition coefficient (Wildman–Crippen LogP) is 3.56. The molecule has 106 valence electrons. The molecule has 0 aliphatic carbocycles. The number of para-hydroxylation sites is 1. The normalized spacial score (nSPS) is 12.4. The van der Waals surface area contributed by atoms with Crippen molar-refractivity contribution in [2.75, 3.05) is 0 Å². The third-order valence-corrected chi connectivity index (χ3v) is 3.61. The minimum Gasteiger partial charge on any atom is -0.508 e. The Bertz CT molecular complexity index is 585. The van der Waals surface area contributed by atoms with Crippen LogP contribution in [0.15, 0.2) is 30.3 Å². The smallest absolute Gasteiger partial charge is 0.120 e. The van der Waals surface area contributed by atoms with Crippen molar-refractivity contribution in [1.82, 2.24) is 10.3 Å². The maximum absolute atomic E-state index is 9.79. The van der Waals surface area contributed by atoms with Gasteiger partial charge in [-0.3, -0.25) is 4.98 Å². The molecule has 1 atom stereocenters. The summed E-state index contributed by atoms with van der Waals surface area (Å²) in [6.07, 6.45) is 0. The van der Waals surface area contributed by atoms with Crippen molar-refractivity contribution >= 4 is 0 Å². The van der Waals surface area contributed by atoms with Crippen LogP contribution in [0.3, 0.4) is 0 Å². The van der Waals surface area contributed by atoms with Crippen LogP contribution in [0, 0.1) is 20.8 Å². The van der Waals surface area contributed by atoms with E-state index >= 15 is 0 Å². The second-order valence-corrected chi connectivity index (χ2v) is 5.31. The molecule has 3 nitrogen and oxygen atoms in total. The van der Waals surface area contributed by atoms with Gasteiger partial charge in [-0.25, -0.2) is 0 Å². The number of pyridine rings is 1. The van der Waals surface area contributed by atoms with Gasteiger partial charge in [-0.2, -0.15) is 0 Å². The van der Waals surface area contributed by atoms with Gasteiger partial charge in [-0.15, -0.1) is 0 Å². The highest BCUT2D eigenvalue weighted by Crippen LogP contribution is 2.22. The SMILES string of the molecule is Cc1cc(C)c(C(C)NCc2ccccc2O)c(C)n1. The molecule has 1 aromatic heterocycles. The average Bonchev–Trinajstić information content (AvgIpc) is 2.36. The number of aryl methyl sites for hydroxylation is 3. The first-order valence-electron chi connectivity index (χ1n) is 6.94. The first-order chi connectivity index (χ1) is 9.49. The van der Waals surface area contributed by atoms with Gasteiger partial charge in [0.1, 0.15) is 5.75 Å². The minimum atomic E-state index is 0.197. The molecule has 0 saturated carbocycles. The van der Waals surface area contributed by atoms with E-state index in [4.69, 9.17) is 0 Å². The number of nitrogens with zero attached hydrogens (tertiary/aromatic N) is 1. The molecule has 2 aromatic rings. The first-order valence-corrected chi connectivity index (χ1v) is 6.94. The van der Waals surface area contributed by atoms with Gasteiger partial charge in [0.15, 0.2) is 0 Å². The lowest BCUT2D eigenvalue weighted by atomic mass is 10.00. The second-order valence-electron chi connectivity index (χ2n) is 5.31. The van der Waals surface area contributed by atoms with Crippen LogP contribution in [-0.2, 0) is 6.54 Å². The highest BCUT2D eigenvalue weighted by atomic mass is 16.3. The number of hydrogen-bond acceptors (Lipinski definition) is 3. The van der Waals surface area contributed by atoms with E-state index in [2.05, 4.69) is 30.2 Å². The lowest BCUT2D eigenvalue weighted by Crippen LogP contribution is -2.20. The second kappa shape index (κ2) is 6.06. The fourth-order valence-electron chi connectivity index (χ4n) is 2.71. The van der Waals surface area contributed by atoms with E-state index in [0.29, 0.717) is 12.3 Å². The summed E-state index contributed by atoms with van der Waals surface area (Å²) in [4.78, 5) is 4.54. The molecule has 2 N–H and O–H groups in total. The quantitative estimate of drug-likeness (QED) is 0.893. The summed E-state index contributed by atoms with van der Waals surface area (Å²) in [7, 11) is 0.